The van der Waals surface area contributed by atoms with Gasteiger partial charge in [0, 0.05) is 11.6 Å². The van der Waals surface area contributed by atoms with E-state index in [1.165, 1.54) is 11.3 Å². The number of pyridine rings is 1. The van der Waals surface area contributed by atoms with Gasteiger partial charge in [-0.2, -0.15) is 5.26 Å². The number of halogens is 1. The third kappa shape index (κ3) is 2.81. The predicted octanol–water partition coefficient (Wildman–Crippen LogP) is 3.45. The van der Waals surface area contributed by atoms with E-state index in [0.717, 1.165) is 0 Å². The summed E-state index contributed by atoms with van der Waals surface area (Å²) in [6.07, 6.45) is 1.70. The Kier molecular flexibility index (Phi) is 4.55. The molecule has 9 heteroatoms. The summed E-state index contributed by atoms with van der Waals surface area (Å²) in [6.45, 7) is 4.18. The first-order chi connectivity index (χ1) is 13.5. The maximum absolute atomic E-state index is 12.9. The van der Waals surface area contributed by atoms with Crippen molar-refractivity contribution in [3.8, 4) is 11.8 Å². The van der Waals surface area contributed by atoms with Crippen LogP contribution in [0.2, 0.25) is 5.02 Å². The molecule has 0 saturated heterocycles. The van der Waals surface area contributed by atoms with Gasteiger partial charge in [0.2, 0.25) is 5.88 Å². The highest BCUT2D eigenvalue weighted by Gasteiger charge is 2.36. The SMILES string of the molecule is C=CCNc1nc2[nH]c(=O)c3c(c2s1)OC(N)=C(C#N)C3c1ccccc1Cl. The Labute approximate surface area is 168 Å². The van der Waals surface area contributed by atoms with Crippen molar-refractivity contribution in [3.63, 3.8) is 0 Å². The molecule has 0 saturated carbocycles. The number of nitriles is 1. The number of nitrogens with one attached hydrogen (secondary N) is 2. The number of allylic oxidation sites excluding steroid dienone is 1. The fraction of sp³-hybridized carbons (Fsp3) is 0.105. The number of rotatable bonds is 4. The number of anilines is 1. The lowest BCUT2D eigenvalue weighted by atomic mass is 9.84. The van der Waals surface area contributed by atoms with Crippen LogP contribution >= 0.6 is 22.9 Å². The largest absolute Gasteiger partial charge is 0.438 e. The lowest BCUT2D eigenvalue weighted by Gasteiger charge is -2.26. The zero-order valence-electron chi connectivity index (χ0n) is 14.5. The van der Waals surface area contributed by atoms with Crippen molar-refractivity contribution in [2.75, 3.05) is 11.9 Å². The quantitative estimate of drug-likeness (QED) is 0.566. The fourth-order valence-electron chi connectivity index (χ4n) is 3.15. The molecule has 0 fully saturated rings. The minimum Gasteiger partial charge on any atom is -0.438 e. The first-order valence-electron chi connectivity index (χ1n) is 8.28. The normalized spacial score (nSPS) is 15.6. The van der Waals surface area contributed by atoms with Gasteiger partial charge < -0.3 is 20.8 Å². The molecule has 140 valence electrons. The molecule has 0 bridgehead atoms. The van der Waals surface area contributed by atoms with E-state index in [-0.39, 0.29) is 17.0 Å². The monoisotopic (exact) mass is 411 g/mol. The molecule has 28 heavy (non-hydrogen) atoms. The van der Waals surface area contributed by atoms with E-state index in [1.807, 2.05) is 0 Å². The second-order valence-electron chi connectivity index (χ2n) is 6.01. The summed E-state index contributed by atoms with van der Waals surface area (Å²) in [5, 5.41) is 13.8. The molecule has 0 radical (unpaired) electrons. The van der Waals surface area contributed by atoms with Crippen LogP contribution in [0, 0.1) is 11.3 Å². The molecule has 7 nitrogen and oxygen atoms in total. The Morgan fingerprint density at radius 2 is 2.29 bits per heavy atom. The van der Waals surface area contributed by atoms with E-state index in [2.05, 4.69) is 27.9 Å². The topological polar surface area (TPSA) is 117 Å². The van der Waals surface area contributed by atoms with E-state index < -0.39 is 11.5 Å². The molecule has 3 aromatic rings. The molecule has 1 atom stereocenters. The minimum absolute atomic E-state index is 0.0548. The molecule has 1 aliphatic heterocycles. The first kappa shape index (κ1) is 18.1. The molecule has 0 amide bonds. The van der Waals surface area contributed by atoms with Crippen LogP contribution in [-0.2, 0) is 0 Å². The van der Waals surface area contributed by atoms with Crippen LogP contribution in [0.1, 0.15) is 17.0 Å². The summed E-state index contributed by atoms with van der Waals surface area (Å²) in [7, 11) is 0. The summed E-state index contributed by atoms with van der Waals surface area (Å²) in [5.74, 6) is -0.493. The van der Waals surface area contributed by atoms with E-state index in [1.54, 1.807) is 30.3 Å². The maximum Gasteiger partial charge on any atom is 0.257 e. The van der Waals surface area contributed by atoms with Crippen molar-refractivity contribution >= 4 is 38.4 Å². The average molecular weight is 412 g/mol. The number of fused-ring (bicyclic) bond motifs is 3. The number of hydrogen-bond donors (Lipinski definition) is 3. The molecule has 2 aromatic heterocycles. The first-order valence-corrected chi connectivity index (χ1v) is 9.48. The fourth-order valence-corrected chi connectivity index (χ4v) is 4.32. The molecule has 0 aliphatic carbocycles. The number of thiazole rings is 1. The van der Waals surface area contributed by atoms with Gasteiger partial charge in [-0.15, -0.1) is 6.58 Å². The second-order valence-corrected chi connectivity index (χ2v) is 7.42. The smallest absolute Gasteiger partial charge is 0.257 e. The van der Waals surface area contributed by atoms with Crippen LogP contribution in [0.5, 0.6) is 5.75 Å². The standard InChI is InChI=1S/C19H14ClN5O2S/c1-2-7-23-19-25-17-15(28-19)14-13(18(26)24-17)12(10(8-21)16(22)27-14)9-5-3-4-6-11(9)20/h2-6,12H,1,7,22H2,(H2,23,24,25,26). The Bertz CT molecular complexity index is 1240. The van der Waals surface area contributed by atoms with Gasteiger partial charge in [0.15, 0.2) is 16.5 Å². The highest BCUT2D eigenvalue weighted by molar-refractivity contribution is 7.22. The molecule has 3 heterocycles. The number of hydrogen-bond acceptors (Lipinski definition) is 7. The molecular weight excluding hydrogens is 398 g/mol. The third-order valence-electron chi connectivity index (χ3n) is 4.34. The van der Waals surface area contributed by atoms with Crippen molar-refractivity contribution < 1.29 is 4.74 Å². The van der Waals surface area contributed by atoms with E-state index >= 15 is 0 Å². The highest BCUT2D eigenvalue weighted by atomic mass is 35.5. The molecular formula is C19H14ClN5O2S. The summed E-state index contributed by atoms with van der Waals surface area (Å²) in [6, 6.07) is 9.09. The Balaban J connectivity index is 2.00. The number of nitrogens with two attached hydrogens (primary N) is 1. The van der Waals surface area contributed by atoms with Crippen LogP contribution in [-0.4, -0.2) is 16.5 Å². The Hall–Kier alpha value is -3.28. The molecule has 1 aromatic carbocycles. The Morgan fingerprint density at radius 1 is 1.50 bits per heavy atom. The molecule has 4 N–H and O–H groups in total. The molecule has 0 spiro atoms. The van der Waals surface area contributed by atoms with Crippen LogP contribution in [0.25, 0.3) is 10.3 Å². The van der Waals surface area contributed by atoms with Gasteiger partial charge in [0.25, 0.3) is 5.56 Å². The van der Waals surface area contributed by atoms with Crippen molar-refractivity contribution in [3.05, 3.63) is 74.9 Å². The zero-order valence-corrected chi connectivity index (χ0v) is 16.0. The van der Waals surface area contributed by atoms with Crippen molar-refractivity contribution in [1.82, 2.24) is 9.97 Å². The van der Waals surface area contributed by atoms with Gasteiger partial charge in [-0.25, -0.2) is 4.98 Å². The number of aromatic nitrogens is 2. The Morgan fingerprint density at radius 3 is 3.00 bits per heavy atom. The van der Waals surface area contributed by atoms with Gasteiger partial charge in [0.1, 0.15) is 16.3 Å². The molecule has 4 rings (SSSR count). The second kappa shape index (κ2) is 7.03. The summed E-state index contributed by atoms with van der Waals surface area (Å²) >= 11 is 7.68. The van der Waals surface area contributed by atoms with E-state index in [0.29, 0.717) is 38.4 Å². The number of nitrogens with zero attached hydrogens (tertiary/aromatic N) is 2. The van der Waals surface area contributed by atoms with Crippen LogP contribution in [0.15, 0.2) is 53.2 Å². The molecule has 1 aliphatic rings. The third-order valence-corrected chi connectivity index (χ3v) is 5.70. The van der Waals surface area contributed by atoms with Gasteiger partial charge in [-0.05, 0) is 11.6 Å². The highest BCUT2D eigenvalue weighted by Crippen LogP contribution is 2.46. The van der Waals surface area contributed by atoms with Crippen LogP contribution < -0.4 is 21.3 Å². The predicted molar refractivity (Wildman–Crippen MR) is 110 cm³/mol. The van der Waals surface area contributed by atoms with Crippen molar-refractivity contribution in [1.29, 1.82) is 5.26 Å². The minimum atomic E-state index is -0.734. The average Bonchev–Trinajstić information content (AvgIpc) is 3.09. The van der Waals surface area contributed by atoms with Crippen molar-refractivity contribution in [2.24, 2.45) is 5.73 Å². The van der Waals surface area contributed by atoms with Gasteiger partial charge >= 0.3 is 0 Å². The number of benzene rings is 1. The van der Waals surface area contributed by atoms with Gasteiger partial charge in [-0.3, -0.25) is 4.79 Å². The van der Waals surface area contributed by atoms with Crippen LogP contribution in [0.3, 0.4) is 0 Å². The number of ether oxygens (including phenoxy) is 1. The number of H-pyrrole nitrogens is 1. The molecule has 1 unspecified atom stereocenters. The van der Waals surface area contributed by atoms with Gasteiger partial charge in [0.05, 0.1) is 11.5 Å². The van der Waals surface area contributed by atoms with E-state index in [4.69, 9.17) is 22.1 Å². The van der Waals surface area contributed by atoms with E-state index in [9.17, 15) is 10.1 Å². The zero-order chi connectivity index (χ0) is 19.8. The number of aromatic amines is 1. The lowest BCUT2D eigenvalue weighted by molar-refractivity contribution is 0.397. The van der Waals surface area contributed by atoms with Crippen LogP contribution in [0.4, 0.5) is 5.13 Å². The van der Waals surface area contributed by atoms with Gasteiger partial charge in [-0.1, -0.05) is 47.2 Å². The summed E-state index contributed by atoms with van der Waals surface area (Å²) in [5.41, 5.74) is 7.04. The van der Waals surface area contributed by atoms with Crippen molar-refractivity contribution in [2.45, 2.75) is 5.92 Å². The lowest BCUT2D eigenvalue weighted by Crippen LogP contribution is -2.27. The summed E-state index contributed by atoms with van der Waals surface area (Å²) in [4.78, 5) is 20.1. The summed E-state index contributed by atoms with van der Waals surface area (Å²) < 4.78 is 6.36. The maximum atomic E-state index is 12.9.